The summed E-state index contributed by atoms with van der Waals surface area (Å²) >= 11 is 0. The molecule has 3 heteroatoms. The third-order valence-corrected chi connectivity index (χ3v) is 2.39. The van der Waals surface area contributed by atoms with E-state index < -0.39 is 17.7 Å². The topological polar surface area (TPSA) is 26.3 Å². The lowest BCUT2D eigenvalue weighted by Gasteiger charge is -2.28. The number of hydrogen-bond donors (Lipinski definition) is 0. The molecule has 2 unspecified atom stereocenters. The number of rotatable bonds is 1. The summed E-state index contributed by atoms with van der Waals surface area (Å²) in [5.41, 5.74) is -0.506. The number of carbonyl (C=O) groups excluding carboxylic acids is 1. The second-order valence-electron chi connectivity index (χ2n) is 4.94. The van der Waals surface area contributed by atoms with E-state index in [0.29, 0.717) is 12.8 Å². The van der Waals surface area contributed by atoms with E-state index in [1.807, 2.05) is 0 Å². The van der Waals surface area contributed by atoms with Crippen LogP contribution < -0.4 is 0 Å². The summed E-state index contributed by atoms with van der Waals surface area (Å²) in [5.74, 6) is -0.896. The van der Waals surface area contributed by atoms with E-state index in [0.717, 1.165) is 12.8 Å². The van der Waals surface area contributed by atoms with Crippen LogP contribution in [0.5, 0.6) is 0 Å². The first-order valence-electron chi connectivity index (χ1n) is 5.27. The molecule has 1 aliphatic carbocycles. The predicted molar refractivity (Wildman–Crippen MR) is 52.7 cm³/mol. The van der Waals surface area contributed by atoms with E-state index in [1.54, 1.807) is 20.8 Å². The van der Waals surface area contributed by atoms with Crippen molar-refractivity contribution >= 4 is 5.97 Å². The molecule has 0 spiro atoms. The van der Waals surface area contributed by atoms with Crippen LogP contribution in [0.2, 0.25) is 0 Å². The van der Waals surface area contributed by atoms with Crippen molar-refractivity contribution < 1.29 is 13.9 Å². The zero-order valence-electron chi connectivity index (χ0n) is 9.18. The third-order valence-electron chi connectivity index (χ3n) is 2.39. The first kappa shape index (κ1) is 11.5. The number of hydrogen-bond acceptors (Lipinski definition) is 2. The zero-order chi connectivity index (χ0) is 10.8. The molecule has 0 heterocycles. The standard InChI is InChI=1S/C11H19FO2/c1-11(2,3)14-10(13)8-6-4-5-7-9(8)12/h8-9H,4-7H2,1-3H3. The molecule has 0 aromatic heterocycles. The predicted octanol–water partition coefficient (Wildman–Crippen LogP) is 2.86. The minimum Gasteiger partial charge on any atom is -0.460 e. The average molecular weight is 202 g/mol. The van der Waals surface area contributed by atoms with Crippen LogP contribution in [0.4, 0.5) is 4.39 Å². The van der Waals surface area contributed by atoms with E-state index in [9.17, 15) is 9.18 Å². The van der Waals surface area contributed by atoms with Gasteiger partial charge in [-0.15, -0.1) is 0 Å². The molecular formula is C11H19FO2. The highest BCUT2D eigenvalue weighted by Crippen LogP contribution is 2.29. The molecule has 14 heavy (non-hydrogen) atoms. The van der Waals surface area contributed by atoms with Gasteiger partial charge in [-0.05, 0) is 33.6 Å². The Hall–Kier alpha value is -0.600. The first-order chi connectivity index (χ1) is 6.40. The van der Waals surface area contributed by atoms with Crippen LogP contribution in [-0.2, 0) is 9.53 Å². The van der Waals surface area contributed by atoms with Crippen LogP contribution in [0.1, 0.15) is 46.5 Å². The van der Waals surface area contributed by atoms with E-state index in [1.165, 1.54) is 0 Å². The van der Waals surface area contributed by atoms with Gasteiger partial charge >= 0.3 is 5.97 Å². The minimum atomic E-state index is -1.00. The number of esters is 1. The molecular weight excluding hydrogens is 183 g/mol. The third kappa shape index (κ3) is 3.28. The smallest absolute Gasteiger partial charge is 0.312 e. The molecule has 0 bridgehead atoms. The Morgan fingerprint density at radius 1 is 1.29 bits per heavy atom. The molecule has 0 amide bonds. The molecule has 0 aromatic rings. The van der Waals surface area contributed by atoms with Crippen molar-refractivity contribution in [2.75, 3.05) is 0 Å². The summed E-state index contributed by atoms with van der Waals surface area (Å²) in [7, 11) is 0. The number of carbonyl (C=O) groups is 1. The highest BCUT2D eigenvalue weighted by molar-refractivity contribution is 5.73. The zero-order valence-corrected chi connectivity index (χ0v) is 9.18. The lowest BCUT2D eigenvalue weighted by Crippen LogP contribution is -2.35. The van der Waals surface area contributed by atoms with Crippen LogP contribution in [-0.4, -0.2) is 17.7 Å². The maximum atomic E-state index is 13.4. The molecule has 0 N–H and O–H groups in total. The van der Waals surface area contributed by atoms with Crippen molar-refractivity contribution in [1.82, 2.24) is 0 Å². The molecule has 2 atom stereocenters. The Kier molecular flexibility index (Phi) is 3.51. The van der Waals surface area contributed by atoms with E-state index in [2.05, 4.69) is 0 Å². The lowest BCUT2D eigenvalue weighted by molar-refractivity contribution is -0.163. The average Bonchev–Trinajstić information content (AvgIpc) is 2.01. The SMILES string of the molecule is CC(C)(C)OC(=O)C1CCCCC1F. The van der Waals surface area contributed by atoms with Crippen LogP contribution in [0.25, 0.3) is 0 Å². The molecule has 0 saturated heterocycles. The van der Waals surface area contributed by atoms with Crippen LogP contribution in [0.3, 0.4) is 0 Å². The fourth-order valence-corrected chi connectivity index (χ4v) is 1.73. The second kappa shape index (κ2) is 4.28. The maximum absolute atomic E-state index is 13.4. The largest absolute Gasteiger partial charge is 0.460 e. The number of halogens is 1. The van der Waals surface area contributed by atoms with Crippen molar-refractivity contribution in [1.29, 1.82) is 0 Å². The first-order valence-corrected chi connectivity index (χ1v) is 5.27. The maximum Gasteiger partial charge on any atom is 0.312 e. The Labute approximate surface area is 84.8 Å². The van der Waals surface area contributed by atoms with Crippen LogP contribution in [0, 0.1) is 5.92 Å². The monoisotopic (exact) mass is 202 g/mol. The van der Waals surface area contributed by atoms with Gasteiger partial charge in [0.25, 0.3) is 0 Å². The summed E-state index contributed by atoms with van der Waals surface area (Å²) in [4.78, 5) is 11.6. The van der Waals surface area contributed by atoms with Gasteiger partial charge in [0, 0.05) is 0 Å². The Balaban J connectivity index is 2.50. The van der Waals surface area contributed by atoms with E-state index in [4.69, 9.17) is 4.74 Å². The van der Waals surface area contributed by atoms with Gasteiger partial charge in [0.15, 0.2) is 0 Å². The van der Waals surface area contributed by atoms with Crippen LogP contribution in [0.15, 0.2) is 0 Å². The van der Waals surface area contributed by atoms with Gasteiger partial charge in [0.05, 0.1) is 5.92 Å². The summed E-state index contributed by atoms with van der Waals surface area (Å²) in [6.07, 6.45) is 1.96. The second-order valence-corrected chi connectivity index (χ2v) is 4.94. The van der Waals surface area contributed by atoms with Gasteiger partial charge in [-0.2, -0.15) is 0 Å². The molecule has 1 fully saturated rings. The van der Waals surface area contributed by atoms with Gasteiger partial charge in [-0.25, -0.2) is 4.39 Å². The van der Waals surface area contributed by atoms with Crippen molar-refractivity contribution in [2.45, 2.75) is 58.2 Å². The van der Waals surface area contributed by atoms with Crippen molar-refractivity contribution in [3.63, 3.8) is 0 Å². The molecule has 0 radical (unpaired) electrons. The fourth-order valence-electron chi connectivity index (χ4n) is 1.73. The number of alkyl halides is 1. The quantitative estimate of drug-likeness (QED) is 0.611. The normalized spacial score (nSPS) is 28.6. The molecule has 1 saturated carbocycles. The summed E-state index contributed by atoms with van der Waals surface area (Å²) in [6, 6.07) is 0. The van der Waals surface area contributed by atoms with Crippen molar-refractivity contribution in [2.24, 2.45) is 5.92 Å². The molecule has 1 rings (SSSR count). The summed E-state index contributed by atoms with van der Waals surface area (Å²) in [5, 5.41) is 0. The highest BCUT2D eigenvalue weighted by atomic mass is 19.1. The Morgan fingerprint density at radius 2 is 1.86 bits per heavy atom. The molecule has 0 aliphatic heterocycles. The number of ether oxygens (including phenoxy) is 1. The summed E-state index contributed by atoms with van der Waals surface area (Å²) < 4.78 is 18.5. The van der Waals surface area contributed by atoms with Gasteiger partial charge in [-0.1, -0.05) is 12.8 Å². The molecule has 82 valence electrons. The van der Waals surface area contributed by atoms with Crippen molar-refractivity contribution in [3.8, 4) is 0 Å². The van der Waals surface area contributed by atoms with E-state index >= 15 is 0 Å². The van der Waals surface area contributed by atoms with Crippen LogP contribution >= 0.6 is 0 Å². The Bertz CT molecular complexity index is 208. The molecule has 1 aliphatic rings. The van der Waals surface area contributed by atoms with E-state index in [-0.39, 0.29) is 5.97 Å². The van der Waals surface area contributed by atoms with Gasteiger partial charge in [-0.3, -0.25) is 4.79 Å². The molecule has 2 nitrogen and oxygen atoms in total. The highest BCUT2D eigenvalue weighted by Gasteiger charge is 2.34. The Morgan fingerprint density at radius 3 is 2.36 bits per heavy atom. The molecule has 0 aromatic carbocycles. The summed E-state index contributed by atoms with van der Waals surface area (Å²) in [6.45, 7) is 5.42. The van der Waals surface area contributed by atoms with Gasteiger partial charge < -0.3 is 4.74 Å². The minimum absolute atomic E-state index is 0.371. The fraction of sp³-hybridized carbons (Fsp3) is 0.909. The van der Waals surface area contributed by atoms with Gasteiger partial charge in [0.1, 0.15) is 11.8 Å². The van der Waals surface area contributed by atoms with Gasteiger partial charge in [0.2, 0.25) is 0 Å². The lowest BCUT2D eigenvalue weighted by atomic mass is 9.87. The van der Waals surface area contributed by atoms with Crippen molar-refractivity contribution in [3.05, 3.63) is 0 Å².